The topological polar surface area (TPSA) is 85.1 Å². The molecule has 2 aromatic rings. The van der Waals surface area contributed by atoms with Crippen LogP contribution in [0.2, 0.25) is 0 Å². The maximum atomic E-state index is 11.9. The van der Waals surface area contributed by atoms with Crippen LogP contribution in [0.25, 0.3) is 0 Å². The van der Waals surface area contributed by atoms with Crippen LogP contribution >= 0.6 is 0 Å². The molecule has 0 saturated carbocycles. The lowest BCUT2D eigenvalue weighted by molar-refractivity contribution is -0.116. The second-order valence-corrected chi connectivity index (χ2v) is 4.67. The van der Waals surface area contributed by atoms with Crippen LogP contribution in [0.15, 0.2) is 48.8 Å². The van der Waals surface area contributed by atoms with Gasteiger partial charge in [0, 0.05) is 18.8 Å². The van der Waals surface area contributed by atoms with E-state index >= 15 is 0 Å². The molecule has 0 spiro atoms. The van der Waals surface area contributed by atoms with Gasteiger partial charge in [0.15, 0.2) is 0 Å². The third kappa shape index (κ3) is 4.42. The fourth-order valence-electron chi connectivity index (χ4n) is 2.02. The summed E-state index contributed by atoms with van der Waals surface area (Å²) in [5.74, 6) is -0.686. The molecular weight excluding hydrogens is 266 g/mol. The summed E-state index contributed by atoms with van der Waals surface area (Å²) in [5, 5.41) is 2.72. The second kappa shape index (κ2) is 7.19. The quantitative estimate of drug-likeness (QED) is 0.851. The molecule has 0 aliphatic carbocycles. The number of rotatable bonds is 6. The first-order valence-electron chi connectivity index (χ1n) is 6.74. The summed E-state index contributed by atoms with van der Waals surface area (Å²) in [5.41, 5.74) is 7.14. The predicted molar refractivity (Wildman–Crippen MR) is 80.8 cm³/mol. The maximum Gasteiger partial charge on any atom is 0.250 e. The average molecular weight is 283 g/mol. The van der Waals surface area contributed by atoms with Crippen molar-refractivity contribution in [2.75, 3.05) is 5.32 Å². The van der Waals surface area contributed by atoms with Crippen LogP contribution in [0.5, 0.6) is 0 Å². The van der Waals surface area contributed by atoms with Crippen LogP contribution in [0.4, 0.5) is 5.69 Å². The molecule has 5 nitrogen and oxygen atoms in total. The lowest BCUT2D eigenvalue weighted by atomic mass is 10.1. The normalized spacial score (nSPS) is 10.1. The summed E-state index contributed by atoms with van der Waals surface area (Å²) in [6.45, 7) is 0. The van der Waals surface area contributed by atoms with Gasteiger partial charge in [0.2, 0.25) is 5.91 Å². The number of amides is 2. The zero-order valence-corrected chi connectivity index (χ0v) is 11.6. The van der Waals surface area contributed by atoms with Gasteiger partial charge in [-0.2, -0.15) is 0 Å². The van der Waals surface area contributed by atoms with E-state index in [1.165, 1.54) is 0 Å². The fourth-order valence-corrected chi connectivity index (χ4v) is 2.02. The van der Waals surface area contributed by atoms with E-state index in [9.17, 15) is 9.59 Å². The SMILES string of the molecule is NC(=O)c1ccccc1NC(=O)CCCc1cccnc1. The smallest absolute Gasteiger partial charge is 0.250 e. The number of pyridine rings is 1. The number of nitrogens with zero attached hydrogens (tertiary/aromatic N) is 1. The molecule has 2 amide bonds. The van der Waals surface area contributed by atoms with Gasteiger partial charge in [0.25, 0.3) is 5.91 Å². The highest BCUT2D eigenvalue weighted by atomic mass is 16.2. The van der Waals surface area contributed by atoms with Gasteiger partial charge in [-0.15, -0.1) is 0 Å². The van der Waals surface area contributed by atoms with E-state index in [2.05, 4.69) is 10.3 Å². The Balaban J connectivity index is 1.86. The standard InChI is InChI=1S/C16H17N3O2/c17-16(21)13-7-1-2-8-14(13)19-15(20)9-3-5-12-6-4-10-18-11-12/h1-2,4,6-8,10-11H,3,5,9H2,(H2,17,21)(H,19,20). The van der Waals surface area contributed by atoms with Gasteiger partial charge in [-0.1, -0.05) is 18.2 Å². The number of aryl methyl sites for hydroxylation is 1. The first-order chi connectivity index (χ1) is 10.2. The number of primary amides is 1. The number of benzene rings is 1. The van der Waals surface area contributed by atoms with Crippen molar-refractivity contribution in [2.45, 2.75) is 19.3 Å². The van der Waals surface area contributed by atoms with Gasteiger partial charge in [-0.3, -0.25) is 14.6 Å². The minimum atomic E-state index is -0.554. The molecule has 1 aromatic carbocycles. The van der Waals surface area contributed by atoms with Gasteiger partial charge in [0.05, 0.1) is 11.3 Å². The van der Waals surface area contributed by atoms with Crippen molar-refractivity contribution in [3.8, 4) is 0 Å². The van der Waals surface area contributed by atoms with E-state index in [0.717, 1.165) is 18.4 Å². The first kappa shape index (κ1) is 14.7. The highest BCUT2D eigenvalue weighted by Gasteiger charge is 2.09. The van der Waals surface area contributed by atoms with Gasteiger partial charge in [-0.25, -0.2) is 0 Å². The Morgan fingerprint density at radius 3 is 2.67 bits per heavy atom. The van der Waals surface area contributed by atoms with Crippen molar-refractivity contribution in [1.29, 1.82) is 0 Å². The molecule has 0 saturated heterocycles. The van der Waals surface area contributed by atoms with Crippen LogP contribution < -0.4 is 11.1 Å². The summed E-state index contributed by atoms with van der Waals surface area (Å²) in [6.07, 6.45) is 5.40. The van der Waals surface area contributed by atoms with Gasteiger partial charge < -0.3 is 11.1 Å². The summed E-state index contributed by atoms with van der Waals surface area (Å²) in [4.78, 5) is 27.2. The van der Waals surface area contributed by atoms with Crippen molar-refractivity contribution in [3.05, 3.63) is 59.9 Å². The molecule has 2 rings (SSSR count). The van der Waals surface area contributed by atoms with Crippen LogP contribution in [-0.2, 0) is 11.2 Å². The Bertz CT molecular complexity index is 626. The zero-order valence-electron chi connectivity index (χ0n) is 11.6. The molecule has 0 radical (unpaired) electrons. The molecule has 0 fully saturated rings. The van der Waals surface area contributed by atoms with E-state index in [0.29, 0.717) is 17.7 Å². The van der Waals surface area contributed by atoms with E-state index < -0.39 is 5.91 Å². The van der Waals surface area contributed by atoms with Crippen LogP contribution in [0.3, 0.4) is 0 Å². The molecule has 1 aromatic heterocycles. The molecule has 108 valence electrons. The van der Waals surface area contributed by atoms with E-state index in [-0.39, 0.29) is 5.91 Å². The molecule has 5 heteroatoms. The van der Waals surface area contributed by atoms with Crippen LogP contribution in [-0.4, -0.2) is 16.8 Å². The number of anilines is 1. The van der Waals surface area contributed by atoms with Crippen molar-refractivity contribution < 1.29 is 9.59 Å². The minimum Gasteiger partial charge on any atom is -0.366 e. The highest BCUT2D eigenvalue weighted by Crippen LogP contribution is 2.15. The Morgan fingerprint density at radius 2 is 1.95 bits per heavy atom. The number of para-hydroxylation sites is 1. The number of aromatic nitrogens is 1. The van der Waals surface area contributed by atoms with Crippen LogP contribution in [0.1, 0.15) is 28.8 Å². The van der Waals surface area contributed by atoms with Gasteiger partial charge in [0.1, 0.15) is 0 Å². The van der Waals surface area contributed by atoms with E-state index in [1.807, 2.05) is 12.1 Å². The number of carbonyl (C=O) groups excluding carboxylic acids is 2. The van der Waals surface area contributed by atoms with Crippen LogP contribution in [0, 0.1) is 0 Å². The summed E-state index contributed by atoms with van der Waals surface area (Å²) >= 11 is 0. The van der Waals surface area contributed by atoms with Crippen molar-refractivity contribution >= 4 is 17.5 Å². The van der Waals surface area contributed by atoms with E-state index in [1.54, 1.807) is 36.7 Å². The van der Waals surface area contributed by atoms with Gasteiger partial charge >= 0.3 is 0 Å². The number of carbonyl (C=O) groups is 2. The van der Waals surface area contributed by atoms with Crippen molar-refractivity contribution in [2.24, 2.45) is 5.73 Å². The third-order valence-electron chi connectivity index (χ3n) is 3.06. The maximum absolute atomic E-state index is 11.9. The Kier molecular flexibility index (Phi) is 5.04. The molecule has 1 heterocycles. The summed E-state index contributed by atoms with van der Waals surface area (Å²) < 4.78 is 0. The molecule has 3 N–H and O–H groups in total. The molecule has 0 unspecified atom stereocenters. The van der Waals surface area contributed by atoms with Crippen molar-refractivity contribution in [1.82, 2.24) is 4.98 Å². The molecule has 0 bridgehead atoms. The van der Waals surface area contributed by atoms with Crippen molar-refractivity contribution in [3.63, 3.8) is 0 Å². The Morgan fingerprint density at radius 1 is 1.14 bits per heavy atom. The Hall–Kier alpha value is -2.69. The Labute approximate surface area is 123 Å². The average Bonchev–Trinajstić information content (AvgIpc) is 2.48. The first-order valence-corrected chi connectivity index (χ1v) is 6.74. The summed E-state index contributed by atoms with van der Waals surface area (Å²) in [6, 6.07) is 10.6. The molecule has 0 aliphatic heterocycles. The molecule has 0 aliphatic rings. The molecular formula is C16H17N3O2. The predicted octanol–water partition coefficient (Wildman–Crippen LogP) is 2.14. The lowest BCUT2D eigenvalue weighted by Gasteiger charge is -2.08. The van der Waals surface area contributed by atoms with E-state index in [4.69, 9.17) is 5.73 Å². The second-order valence-electron chi connectivity index (χ2n) is 4.67. The number of hydrogen-bond donors (Lipinski definition) is 2. The summed E-state index contributed by atoms with van der Waals surface area (Å²) in [7, 11) is 0. The van der Waals surface area contributed by atoms with Gasteiger partial charge in [-0.05, 0) is 36.6 Å². The fraction of sp³-hybridized carbons (Fsp3) is 0.188. The molecule has 21 heavy (non-hydrogen) atoms. The molecule has 0 atom stereocenters. The lowest BCUT2D eigenvalue weighted by Crippen LogP contribution is -2.18. The minimum absolute atomic E-state index is 0.132. The largest absolute Gasteiger partial charge is 0.366 e. The highest BCUT2D eigenvalue weighted by molar-refractivity contribution is 6.02. The number of hydrogen-bond acceptors (Lipinski definition) is 3. The third-order valence-corrected chi connectivity index (χ3v) is 3.06. The zero-order chi connectivity index (χ0) is 15.1. The number of nitrogens with one attached hydrogen (secondary N) is 1. The monoisotopic (exact) mass is 283 g/mol. The number of nitrogens with two attached hydrogens (primary N) is 1.